The van der Waals surface area contributed by atoms with Gasteiger partial charge < -0.3 is 18.9 Å². The van der Waals surface area contributed by atoms with Crippen LogP contribution in [0, 0.1) is 69.8 Å². The van der Waals surface area contributed by atoms with E-state index in [1.165, 1.54) is 81.1 Å². The molecule has 2 heterocycles. The first kappa shape index (κ1) is 74.9. The summed E-state index contributed by atoms with van der Waals surface area (Å²) in [5.41, 5.74) is 15.5. The molecule has 0 amide bonds. The molecule has 120 heavy (non-hydrogen) atoms. The van der Waals surface area contributed by atoms with Gasteiger partial charge in [-0.25, -0.2) is 52.7 Å². The van der Waals surface area contributed by atoms with Crippen LogP contribution in [0.1, 0.15) is 0 Å². The zero-order valence-electron chi connectivity index (χ0n) is 63.0. The van der Waals surface area contributed by atoms with Gasteiger partial charge in [-0.1, -0.05) is 206 Å². The molecule has 0 unspecified atom stereocenters. The lowest BCUT2D eigenvalue weighted by Gasteiger charge is -2.26. The summed E-state index contributed by atoms with van der Waals surface area (Å²) in [7, 11) is 0. The summed E-state index contributed by atoms with van der Waals surface area (Å²) in [4.78, 5) is 3.84. The second kappa shape index (κ2) is 30.8. The van der Waals surface area contributed by atoms with Crippen LogP contribution in [0.25, 0.3) is 143 Å². The third kappa shape index (κ3) is 13.5. The molecule has 0 aliphatic heterocycles. The van der Waals surface area contributed by atoms with Crippen LogP contribution in [0.3, 0.4) is 0 Å². The van der Waals surface area contributed by atoms with Crippen LogP contribution in [-0.4, -0.2) is 9.13 Å². The second-order valence-electron chi connectivity index (χ2n) is 29.1. The van der Waals surface area contributed by atoms with Gasteiger partial charge in [-0.2, -0.15) is 0 Å². The highest BCUT2D eigenvalue weighted by Gasteiger charge is 2.30. The number of halogens is 12. The predicted octanol–water partition coefficient (Wildman–Crippen LogP) is 30.5. The van der Waals surface area contributed by atoms with Crippen molar-refractivity contribution >= 4 is 99.3 Å². The molecule has 20 aromatic rings. The molecule has 0 aliphatic carbocycles. The van der Waals surface area contributed by atoms with E-state index < -0.39 is 69.3 Å². The molecule has 4 nitrogen and oxygen atoms in total. The van der Waals surface area contributed by atoms with E-state index in [4.69, 9.17) is 0 Å². The molecule has 16 heteroatoms. The van der Waals surface area contributed by atoms with Crippen LogP contribution in [0.2, 0.25) is 0 Å². The van der Waals surface area contributed by atoms with Crippen LogP contribution in [0.4, 0.5) is 86.8 Å². The van der Waals surface area contributed by atoms with Gasteiger partial charge in [0.15, 0.2) is 46.5 Å². The molecule has 0 radical (unpaired) electrons. The van der Waals surface area contributed by atoms with Gasteiger partial charge >= 0.3 is 0 Å². The molecule has 0 spiro atoms. The zero-order chi connectivity index (χ0) is 82.1. The van der Waals surface area contributed by atoms with Gasteiger partial charge in [0.2, 0.25) is 11.6 Å². The maximum atomic E-state index is 14.8. The Labute approximate surface area is 679 Å². The van der Waals surface area contributed by atoms with Crippen LogP contribution in [-0.2, 0) is 0 Å². The van der Waals surface area contributed by atoms with Gasteiger partial charge in [0.05, 0.1) is 33.2 Å². The van der Waals surface area contributed by atoms with E-state index in [0.717, 1.165) is 130 Å². The molecule has 580 valence electrons. The molecule has 0 fully saturated rings. The Bertz CT molecular complexity index is 7120. The quantitative estimate of drug-likeness (QED) is 0.0613. The summed E-state index contributed by atoms with van der Waals surface area (Å²) in [6.07, 6.45) is 0. The standard InChI is InChI=1S/C52H26F10N2.C52H34F2N2/c53-43-41(44(54)48(58)51(61)47(43)57)29-12-19-34(20-13-29)63(35-21-14-30(15-22-35)42-45(55)49(59)52(62)50(60)46(42)56)33-17-9-28(10-18-33)32-16-24-40-38(26-32)37-7-3-4-8-39(37)64(40)36-23-11-27-5-1-2-6-31(27)25-36;53-43-21-9-36(10-22-43)38-13-25-45(26-14-38)55(46-27-15-39(16-28-46)37-11-23-44(54)24-12-37)47-29-17-40(18-30-47)42-20-32-52-50(34-42)49-7-3-4-8-51(49)56(52)48-31-19-35-5-1-2-6-41(35)33-48/h1-26H;1-34H. The summed E-state index contributed by atoms with van der Waals surface area (Å²) in [6.45, 7) is 0. The number of nitrogens with zero attached hydrogens (tertiary/aromatic N) is 4. The third-order valence-electron chi connectivity index (χ3n) is 22.1. The molecule has 18 aromatic carbocycles. The molecule has 0 saturated heterocycles. The number of anilines is 6. The number of hydrogen-bond donors (Lipinski definition) is 0. The van der Waals surface area contributed by atoms with E-state index in [9.17, 15) is 52.7 Å². The van der Waals surface area contributed by atoms with E-state index in [0.29, 0.717) is 17.1 Å². The minimum atomic E-state index is -2.30. The van der Waals surface area contributed by atoms with Gasteiger partial charge in [-0.15, -0.1) is 0 Å². The first-order valence-electron chi connectivity index (χ1n) is 38.3. The summed E-state index contributed by atoms with van der Waals surface area (Å²) in [5.74, 6) is -21.6. The summed E-state index contributed by atoms with van der Waals surface area (Å²) in [5, 5.41) is 9.14. The van der Waals surface area contributed by atoms with E-state index in [1.54, 1.807) is 41.3 Å². The Balaban J connectivity index is 0.000000160. The van der Waals surface area contributed by atoms with Gasteiger partial charge in [-0.3, -0.25) is 0 Å². The van der Waals surface area contributed by atoms with E-state index in [1.807, 2.05) is 42.5 Å². The van der Waals surface area contributed by atoms with Gasteiger partial charge in [-0.05, 0) is 235 Å². The molecule has 2 aromatic heterocycles. The van der Waals surface area contributed by atoms with Gasteiger partial charge in [0.1, 0.15) is 11.6 Å². The minimum absolute atomic E-state index is 0.253. The van der Waals surface area contributed by atoms with Crippen LogP contribution < -0.4 is 9.80 Å². The highest BCUT2D eigenvalue weighted by Crippen LogP contribution is 2.45. The maximum Gasteiger partial charge on any atom is 0.200 e. The average Bonchev–Trinajstić information content (AvgIpc) is 1.56. The molecule has 0 atom stereocenters. The van der Waals surface area contributed by atoms with E-state index >= 15 is 0 Å². The van der Waals surface area contributed by atoms with E-state index in [-0.39, 0.29) is 22.8 Å². The average molecular weight is 1590 g/mol. The Morgan fingerprint density at radius 2 is 0.400 bits per heavy atom. The number of aromatic nitrogens is 2. The number of benzene rings is 18. The van der Waals surface area contributed by atoms with Gasteiger partial charge in [0, 0.05) is 67.0 Å². The molecule has 0 bridgehead atoms. The lowest BCUT2D eigenvalue weighted by molar-refractivity contribution is 0.381. The maximum absolute atomic E-state index is 14.8. The lowest BCUT2D eigenvalue weighted by atomic mass is 10.0. The zero-order valence-corrected chi connectivity index (χ0v) is 63.0. The molecule has 0 N–H and O–H groups in total. The molecular formula is C104H60F12N4. The van der Waals surface area contributed by atoms with Crippen LogP contribution >= 0.6 is 0 Å². The van der Waals surface area contributed by atoms with Crippen molar-refractivity contribution in [1.82, 2.24) is 9.13 Å². The van der Waals surface area contributed by atoms with Crippen molar-refractivity contribution in [3.8, 4) is 78.1 Å². The van der Waals surface area contributed by atoms with Crippen LogP contribution in [0.15, 0.2) is 364 Å². The Hall–Kier alpha value is -15.2. The second-order valence-corrected chi connectivity index (χ2v) is 29.1. The van der Waals surface area contributed by atoms with Crippen molar-refractivity contribution in [2.24, 2.45) is 0 Å². The van der Waals surface area contributed by atoms with Crippen molar-refractivity contribution in [1.29, 1.82) is 0 Å². The largest absolute Gasteiger partial charge is 0.311 e. The van der Waals surface area contributed by atoms with E-state index in [2.05, 4.69) is 226 Å². The fraction of sp³-hybridized carbons (Fsp3) is 0. The number of rotatable bonds is 14. The van der Waals surface area contributed by atoms with Crippen molar-refractivity contribution < 1.29 is 52.7 Å². The van der Waals surface area contributed by atoms with Crippen LogP contribution in [0.5, 0.6) is 0 Å². The molecule has 20 rings (SSSR count). The first-order valence-corrected chi connectivity index (χ1v) is 38.3. The molecule has 0 saturated carbocycles. The van der Waals surface area contributed by atoms with Crippen molar-refractivity contribution in [2.75, 3.05) is 9.80 Å². The summed E-state index contributed by atoms with van der Waals surface area (Å²) >= 11 is 0. The van der Waals surface area contributed by atoms with Crippen molar-refractivity contribution in [2.45, 2.75) is 0 Å². The Morgan fingerprint density at radius 1 is 0.167 bits per heavy atom. The van der Waals surface area contributed by atoms with Crippen molar-refractivity contribution in [3.05, 3.63) is 434 Å². The highest BCUT2D eigenvalue weighted by molar-refractivity contribution is 6.12. The third-order valence-corrected chi connectivity index (χ3v) is 22.1. The molecular weight excluding hydrogens is 1530 g/mol. The first-order chi connectivity index (χ1) is 58.5. The number of fused-ring (bicyclic) bond motifs is 8. The highest BCUT2D eigenvalue weighted by atomic mass is 19.2. The SMILES string of the molecule is Fc1c(F)c(F)c(-c2ccc(N(c3ccc(-c4ccc5c(c4)c4ccccc4n5-c4ccc5ccccc5c4)cc3)c3ccc(-c4c(F)c(F)c(F)c(F)c4F)cc3)cc2)c(F)c1F.Fc1ccc(-c2ccc(N(c3ccc(-c4ccc(F)cc4)cc3)c3ccc(-c4ccc5c(c4)c4ccccc4n5-c4ccc5ccccc5c4)cc3)cc2)cc1. The summed E-state index contributed by atoms with van der Waals surface area (Å²) in [6, 6.07) is 115. The summed E-state index contributed by atoms with van der Waals surface area (Å²) < 4.78 is 175. The fourth-order valence-electron chi connectivity index (χ4n) is 16.2. The number of hydrogen-bond acceptors (Lipinski definition) is 2. The monoisotopic (exact) mass is 1590 g/mol. The lowest BCUT2D eigenvalue weighted by Crippen LogP contribution is -2.10. The number of para-hydroxylation sites is 2. The smallest absolute Gasteiger partial charge is 0.200 e. The van der Waals surface area contributed by atoms with Gasteiger partial charge in [0.25, 0.3) is 0 Å². The molecule has 0 aliphatic rings. The fourth-order valence-corrected chi connectivity index (χ4v) is 16.2. The topological polar surface area (TPSA) is 16.3 Å². The Kier molecular flexibility index (Phi) is 19.2. The minimum Gasteiger partial charge on any atom is -0.311 e. The van der Waals surface area contributed by atoms with Crippen molar-refractivity contribution in [3.63, 3.8) is 0 Å². The predicted molar refractivity (Wildman–Crippen MR) is 458 cm³/mol. The Morgan fingerprint density at radius 3 is 0.708 bits per heavy atom. The normalized spacial score (nSPS) is 11.5.